The fraction of sp³-hybridized carbons (Fsp3) is 0.722. The number of aliphatic hydroxyl groups is 5. The maximum absolute atomic E-state index is 14.4. The van der Waals surface area contributed by atoms with Crippen LogP contribution in [0.25, 0.3) is 0 Å². The summed E-state index contributed by atoms with van der Waals surface area (Å²) in [5, 5.41) is 64.7. The van der Waals surface area contributed by atoms with E-state index in [1.807, 2.05) is 0 Å². The van der Waals surface area contributed by atoms with E-state index >= 15 is 0 Å². The third-order valence-electron chi connectivity index (χ3n) is 13.5. The van der Waals surface area contributed by atoms with Crippen LogP contribution in [0.5, 0.6) is 0 Å². The van der Waals surface area contributed by atoms with E-state index in [-0.39, 0.29) is 19.3 Å². The highest BCUT2D eigenvalue weighted by Gasteiger charge is 2.90. The summed E-state index contributed by atoms with van der Waals surface area (Å²) in [5.74, 6) is -8.53. The maximum atomic E-state index is 14.4. The highest BCUT2D eigenvalue weighted by Crippen LogP contribution is 2.78. The zero-order valence-electron chi connectivity index (χ0n) is 29.6. The molecule has 12 unspecified atom stereocenters. The topological polar surface area (TPSA) is 219 Å². The van der Waals surface area contributed by atoms with Crippen molar-refractivity contribution in [2.75, 3.05) is 7.11 Å². The molecular weight excluding hydrogens is 656 g/mol. The number of ether oxygens (including phenoxy) is 4. The van der Waals surface area contributed by atoms with E-state index in [9.17, 15) is 44.7 Å². The summed E-state index contributed by atoms with van der Waals surface area (Å²) in [5.41, 5.74) is -12.6. The highest BCUT2D eigenvalue weighted by atomic mass is 16.6. The van der Waals surface area contributed by atoms with Crippen molar-refractivity contribution in [3.05, 3.63) is 35.5 Å². The first kappa shape index (κ1) is 36.3. The molecule has 1 saturated heterocycles. The molecule has 2 heterocycles. The fourth-order valence-electron chi connectivity index (χ4n) is 11.4. The number of carbonyl (C=O) groups excluding carboxylic acids is 4. The van der Waals surface area contributed by atoms with Crippen molar-refractivity contribution in [2.24, 2.45) is 39.9 Å². The van der Waals surface area contributed by atoms with Crippen LogP contribution in [-0.2, 0) is 38.1 Å². The minimum atomic E-state index is -2.79. The standard InChI is InChI=1S/C36H48O14/c1-16(2)24(40)23-25-31(5,27(48-17(3)37)19-9-12-47-15-19)10-11-34(43)33(7)21(13-22(39)46-8)32(6)14-20(26(33)41)35(44,29(32)49-18(4)38)30(36(25,34)45)50-28(23)42/h9,12,15-16,20-21,25-27,29-30,40-41,43-45H,10-11,13-14H2,1-8H3/b24-23-/t20-,21?,25?,26?,27?,29?,30?,31?,32?,33?,34?,35?,36?/m0/s1. The summed E-state index contributed by atoms with van der Waals surface area (Å²) >= 11 is 0. The van der Waals surface area contributed by atoms with Crippen LogP contribution in [0.4, 0.5) is 0 Å². The Bertz CT molecular complexity index is 1630. The molecule has 6 rings (SSSR count). The molecule has 14 heteroatoms. The second-order valence-electron chi connectivity index (χ2n) is 16.2. The predicted octanol–water partition coefficient (Wildman–Crippen LogP) is 2.42. The Kier molecular flexibility index (Phi) is 8.19. The van der Waals surface area contributed by atoms with Crippen molar-refractivity contribution in [2.45, 2.75) is 115 Å². The third kappa shape index (κ3) is 4.21. The van der Waals surface area contributed by atoms with Crippen molar-refractivity contribution >= 4 is 23.9 Å². The lowest BCUT2D eigenvalue weighted by molar-refractivity contribution is -0.362. The number of hydrogen-bond acceptors (Lipinski definition) is 14. The SMILES string of the molecule is COC(=O)CC1C2(C)C[C@H]3C(O)C1(C)C1(O)CCC(C)(C(OC(C)=O)c4ccoc4)C4/C(=C(/O)C(C)C)C(=O)OC(C3(O)C2OC(C)=O)C41O. The number of aliphatic hydroxyl groups excluding tert-OH is 2. The van der Waals surface area contributed by atoms with Crippen LogP contribution in [0.3, 0.4) is 0 Å². The van der Waals surface area contributed by atoms with Crippen LogP contribution in [0.15, 0.2) is 34.3 Å². The van der Waals surface area contributed by atoms with Crippen LogP contribution in [0, 0.1) is 39.9 Å². The van der Waals surface area contributed by atoms with Crippen molar-refractivity contribution in [3.8, 4) is 0 Å². The van der Waals surface area contributed by atoms with Crippen LogP contribution in [0.1, 0.15) is 85.8 Å². The van der Waals surface area contributed by atoms with E-state index in [0.717, 1.165) is 6.92 Å². The number of carbonyl (C=O) groups is 4. The summed E-state index contributed by atoms with van der Waals surface area (Å²) in [7, 11) is 1.18. The van der Waals surface area contributed by atoms with E-state index in [2.05, 4.69) is 0 Å². The number of fused-ring (bicyclic) bond motifs is 4. The van der Waals surface area contributed by atoms with Crippen molar-refractivity contribution < 1.29 is 68.1 Å². The predicted molar refractivity (Wildman–Crippen MR) is 169 cm³/mol. The summed E-state index contributed by atoms with van der Waals surface area (Å²) in [6.07, 6.45) is -4.67. The van der Waals surface area contributed by atoms with Gasteiger partial charge < -0.3 is 48.9 Å². The van der Waals surface area contributed by atoms with Crippen LogP contribution in [0.2, 0.25) is 0 Å². The molecule has 5 fully saturated rings. The van der Waals surface area contributed by atoms with Gasteiger partial charge in [-0.1, -0.05) is 34.6 Å². The second kappa shape index (κ2) is 11.3. The molecule has 1 aromatic heterocycles. The minimum Gasteiger partial charge on any atom is -0.511 e. The third-order valence-corrected chi connectivity index (χ3v) is 13.5. The van der Waals surface area contributed by atoms with E-state index in [1.54, 1.807) is 33.8 Å². The molecule has 1 aromatic rings. The van der Waals surface area contributed by atoms with Gasteiger partial charge in [0.05, 0.1) is 31.3 Å². The number of methoxy groups -OCH3 is 1. The molecule has 13 atom stereocenters. The van der Waals surface area contributed by atoms with Crippen LogP contribution >= 0.6 is 0 Å². The fourth-order valence-corrected chi connectivity index (χ4v) is 11.4. The molecule has 0 spiro atoms. The quantitative estimate of drug-likeness (QED) is 0.119. The van der Waals surface area contributed by atoms with E-state index in [4.69, 9.17) is 23.4 Å². The van der Waals surface area contributed by atoms with Gasteiger partial charge in [0.25, 0.3) is 0 Å². The zero-order chi connectivity index (χ0) is 37.1. The van der Waals surface area contributed by atoms with Crippen LogP contribution in [-0.4, -0.2) is 91.6 Å². The number of esters is 4. The lowest BCUT2D eigenvalue weighted by Crippen LogP contribution is -2.84. The number of rotatable bonds is 7. The molecule has 0 amide bonds. The number of hydrogen-bond donors (Lipinski definition) is 5. The van der Waals surface area contributed by atoms with Gasteiger partial charge in [-0.05, 0) is 31.2 Å². The monoisotopic (exact) mass is 704 g/mol. The molecule has 0 radical (unpaired) electrons. The highest BCUT2D eigenvalue weighted by molar-refractivity contribution is 5.92. The summed E-state index contributed by atoms with van der Waals surface area (Å²) in [6.45, 7) is 10.4. The molecule has 3 bridgehead atoms. The molecule has 276 valence electrons. The lowest BCUT2D eigenvalue weighted by atomic mass is 9.38. The van der Waals surface area contributed by atoms with Crippen LogP contribution < -0.4 is 0 Å². The van der Waals surface area contributed by atoms with E-state index in [1.165, 1.54) is 33.5 Å². The van der Waals surface area contributed by atoms with Gasteiger partial charge in [0.15, 0.2) is 6.10 Å². The molecule has 4 saturated carbocycles. The summed E-state index contributed by atoms with van der Waals surface area (Å²) in [6, 6.07) is 1.55. The lowest BCUT2D eigenvalue weighted by Gasteiger charge is -2.70. The Morgan fingerprint density at radius 2 is 1.72 bits per heavy atom. The van der Waals surface area contributed by atoms with Gasteiger partial charge in [-0.3, -0.25) is 14.4 Å². The van der Waals surface area contributed by atoms with Crippen molar-refractivity contribution in [1.29, 1.82) is 0 Å². The van der Waals surface area contributed by atoms with E-state index in [0.29, 0.717) is 5.56 Å². The Morgan fingerprint density at radius 3 is 2.26 bits per heavy atom. The Hall–Kier alpha value is -3.46. The maximum Gasteiger partial charge on any atom is 0.338 e. The van der Waals surface area contributed by atoms with Gasteiger partial charge in [0, 0.05) is 59.8 Å². The van der Waals surface area contributed by atoms with Crippen molar-refractivity contribution in [3.63, 3.8) is 0 Å². The minimum absolute atomic E-state index is 0.0486. The van der Waals surface area contributed by atoms with Gasteiger partial charge in [-0.25, -0.2) is 4.79 Å². The van der Waals surface area contributed by atoms with Crippen molar-refractivity contribution in [1.82, 2.24) is 0 Å². The number of allylic oxidation sites excluding steroid dienone is 1. The molecule has 14 nitrogen and oxygen atoms in total. The molecule has 50 heavy (non-hydrogen) atoms. The van der Waals surface area contributed by atoms with Gasteiger partial charge in [-0.2, -0.15) is 0 Å². The Labute approximate surface area is 289 Å². The van der Waals surface area contributed by atoms with E-state index < -0.39 is 123 Å². The van der Waals surface area contributed by atoms with Gasteiger partial charge >= 0.3 is 23.9 Å². The molecule has 1 aliphatic heterocycles. The zero-order valence-corrected chi connectivity index (χ0v) is 29.6. The Morgan fingerprint density at radius 1 is 1.06 bits per heavy atom. The first-order valence-electron chi connectivity index (χ1n) is 17.0. The van der Waals surface area contributed by atoms with Gasteiger partial charge in [0.2, 0.25) is 0 Å². The average molecular weight is 705 g/mol. The molecule has 5 aliphatic rings. The van der Waals surface area contributed by atoms with Gasteiger partial charge in [0.1, 0.15) is 34.8 Å². The normalized spacial score (nSPS) is 46.0. The number of furan rings is 1. The summed E-state index contributed by atoms with van der Waals surface area (Å²) < 4.78 is 28.3. The first-order chi connectivity index (χ1) is 23.1. The van der Waals surface area contributed by atoms with Gasteiger partial charge in [-0.15, -0.1) is 0 Å². The molecular formula is C36H48O14. The molecule has 0 aromatic carbocycles. The summed E-state index contributed by atoms with van der Waals surface area (Å²) in [4.78, 5) is 53.1. The largest absolute Gasteiger partial charge is 0.511 e. The smallest absolute Gasteiger partial charge is 0.338 e. The second-order valence-corrected chi connectivity index (χ2v) is 16.2. The molecule has 5 N–H and O–H groups in total. The average Bonchev–Trinajstić information content (AvgIpc) is 3.64. The first-order valence-corrected chi connectivity index (χ1v) is 17.0. The Balaban J connectivity index is 1.75. The molecule has 4 aliphatic carbocycles.